The summed E-state index contributed by atoms with van der Waals surface area (Å²) in [7, 11) is 0. The van der Waals surface area contributed by atoms with Crippen LogP contribution in [0.2, 0.25) is 0 Å². The molecule has 0 bridgehead atoms. The molecule has 1 atom stereocenters. The number of carbonyl (C=O) groups is 1. The van der Waals surface area contributed by atoms with E-state index in [9.17, 15) is 4.79 Å². The molecule has 0 fully saturated rings. The zero-order chi connectivity index (χ0) is 12.1. The molecular formula is C10H22N2O3. The molecule has 1 amide bonds. The van der Waals surface area contributed by atoms with E-state index in [2.05, 4.69) is 5.32 Å². The van der Waals surface area contributed by atoms with E-state index in [1.54, 1.807) is 0 Å². The number of carbonyl (C=O) groups excluding carboxylic acids is 1. The minimum Gasteiger partial charge on any atom is -0.447 e. The summed E-state index contributed by atoms with van der Waals surface area (Å²) in [5, 5.41) is 2.62. The fraction of sp³-hybridized carbons (Fsp3) is 0.900. The maximum absolute atomic E-state index is 11.2. The Morgan fingerprint density at radius 2 is 1.93 bits per heavy atom. The molecular weight excluding hydrogens is 196 g/mol. The molecule has 0 spiro atoms. The number of hydrogen-bond donors (Lipinski definition) is 2. The standard InChI is InChI=1S/C10H22N2O3/c1-7(2)12-9(13)14-6-8(15-11)10(3,4)5/h7-8H,6,11H2,1-5H3,(H,12,13). The fourth-order valence-electron chi connectivity index (χ4n) is 0.922. The lowest BCUT2D eigenvalue weighted by atomic mass is 9.90. The Morgan fingerprint density at radius 3 is 2.27 bits per heavy atom. The van der Waals surface area contributed by atoms with Crippen molar-refractivity contribution in [2.45, 2.75) is 46.8 Å². The van der Waals surface area contributed by atoms with Crippen LogP contribution >= 0.6 is 0 Å². The number of ether oxygens (including phenoxy) is 1. The Hall–Kier alpha value is -0.810. The van der Waals surface area contributed by atoms with Gasteiger partial charge in [-0.1, -0.05) is 20.8 Å². The summed E-state index contributed by atoms with van der Waals surface area (Å²) in [4.78, 5) is 15.9. The number of nitrogens with two attached hydrogens (primary N) is 1. The first-order valence-corrected chi connectivity index (χ1v) is 5.06. The maximum Gasteiger partial charge on any atom is 0.407 e. The molecule has 0 aromatic carbocycles. The van der Waals surface area contributed by atoms with E-state index in [1.807, 2.05) is 34.6 Å². The van der Waals surface area contributed by atoms with Crippen LogP contribution < -0.4 is 11.2 Å². The number of amides is 1. The van der Waals surface area contributed by atoms with Crippen LogP contribution in [0, 0.1) is 5.41 Å². The van der Waals surface area contributed by atoms with Crippen LogP contribution in [0.25, 0.3) is 0 Å². The second-order valence-corrected chi connectivity index (χ2v) is 4.89. The summed E-state index contributed by atoms with van der Waals surface area (Å²) in [5.74, 6) is 5.13. The number of hydrogen-bond acceptors (Lipinski definition) is 4. The smallest absolute Gasteiger partial charge is 0.407 e. The number of nitrogens with one attached hydrogen (secondary N) is 1. The van der Waals surface area contributed by atoms with Crippen LogP contribution in [0.3, 0.4) is 0 Å². The predicted molar refractivity (Wildman–Crippen MR) is 58.1 cm³/mol. The van der Waals surface area contributed by atoms with Crippen LogP contribution in [-0.2, 0) is 9.57 Å². The van der Waals surface area contributed by atoms with Crippen molar-refractivity contribution in [2.24, 2.45) is 11.3 Å². The lowest BCUT2D eigenvalue weighted by Gasteiger charge is -2.27. The molecule has 0 aliphatic rings. The van der Waals surface area contributed by atoms with Crippen LogP contribution in [-0.4, -0.2) is 24.8 Å². The quantitative estimate of drug-likeness (QED) is 0.700. The van der Waals surface area contributed by atoms with Crippen LogP contribution in [0.15, 0.2) is 0 Å². The second-order valence-electron chi connectivity index (χ2n) is 4.89. The molecule has 0 saturated carbocycles. The van der Waals surface area contributed by atoms with Gasteiger partial charge in [-0.05, 0) is 19.3 Å². The van der Waals surface area contributed by atoms with Crippen molar-refractivity contribution in [1.29, 1.82) is 0 Å². The van der Waals surface area contributed by atoms with E-state index in [-0.39, 0.29) is 24.2 Å². The van der Waals surface area contributed by atoms with Gasteiger partial charge in [-0.2, -0.15) is 0 Å². The summed E-state index contributed by atoms with van der Waals surface area (Å²) in [6.07, 6.45) is -0.758. The van der Waals surface area contributed by atoms with Crippen LogP contribution in [0.4, 0.5) is 4.79 Å². The number of rotatable bonds is 4. The van der Waals surface area contributed by atoms with E-state index in [4.69, 9.17) is 15.5 Å². The van der Waals surface area contributed by atoms with E-state index in [1.165, 1.54) is 0 Å². The SMILES string of the molecule is CC(C)NC(=O)OCC(ON)C(C)(C)C. The minimum absolute atomic E-state index is 0.0596. The third kappa shape index (κ3) is 6.30. The topological polar surface area (TPSA) is 73.6 Å². The minimum atomic E-state index is -0.448. The highest BCUT2D eigenvalue weighted by atomic mass is 16.6. The van der Waals surface area contributed by atoms with Crippen molar-refractivity contribution >= 4 is 6.09 Å². The normalized spacial score (nSPS) is 13.8. The van der Waals surface area contributed by atoms with E-state index < -0.39 is 6.09 Å². The average molecular weight is 218 g/mol. The predicted octanol–water partition coefficient (Wildman–Crippen LogP) is 1.43. The summed E-state index contributed by atoms with van der Waals surface area (Å²) in [6.45, 7) is 9.78. The van der Waals surface area contributed by atoms with Gasteiger partial charge >= 0.3 is 6.09 Å². The Morgan fingerprint density at radius 1 is 1.40 bits per heavy atom. The first kappa shape index (κ1) is 14.2. The molecule has 5 nitrogen and oxygen atoms in total. The van der Waals surface area contributed by atoms with E-state index >= 15 is 0 Å². The number of alkyl carbamates (subject to hydrolysis) is 1. The zero-order valence-corrected chi connectivity index (χ0v) is 10.2. The average Bonchev–Trinajstić information content (AvgIpc) is 2.01. The van der Waals surface area contributed by atoms with Gasteiger partial charge in [0.15, 0.2) is 0 Å². The molecule has 0 aliphatic carbocycles. The highest BCUT2D eigenvalue weighted by Gasteiger charge is 2.26. The van der Waals surface area contributed by atoms with Crippen molar-refractivity contribution in [3.05, 3.63) is 0 Å². The Balaban J connectivity index is 3.97. The van der Waals surface area contributed by atoms with Gasteiger partial charge < -0.3 is 10.1 Å². The molecule has 90 valence electrons. The summed E-state index contributed by atoms with van der Waals surface area (Å²) < 4.78 is 4.98. The third-order valence-electron chi connectivity index (χ3n) is 1.90. The Labute approximate surface area is 91.3 Å². The van der Waals surface area contributed by atoms with Gasteiger partial charge in [-0.3, -0.25) is 4.84 Å². The molecule has 0 radical (unpaired) electrons. The molecule has 0 heterocycles. The van der Waals surface area contributed by atoms with Crippen molar-refractivity contribution in [2.75, 3.05) is 6.61 Å². The fourth-order valence-corrected chi connectivity index (χ4v) is 0.922. The Bertz CT molecular complexity index is 199. The molecule has 1 unspecified atom stereocenters. The van der Waals surface area contributed by atoms with Crippen molar-refractivity contribution in [3.8, 4) is 0 Å². The van der Waals surface area contributed by atoms with E-state index in [0.29, 0.717) is 0 Å². The highest BCUT2D eigenvalue weighted by molar-refractivity contribution is 5.67. The van der Waals surface area contributed by atoms with Gasteiger partial charge in [0, 0.05) is 6.04 Å². The van der Waals surface area contributed by atoms with Crippen LogP contribution in [0.5, 0.6) is 0 Å². The molecule has 5 heteroatoms. The molecule has 0 aromatic rings. The van der Waals surface area contributed by atoms with Crippen molar-refractivity contribution < 1.29 is 14.4 Å². The van der Waals surface area contributed by atoms with Gasteiger partial charge in [-0.25, -0.2) is 10.7 Å². The first-order chi connectivity index (χ1) is 6.77. The van der Waals surface area contributed by atoms with Gasteiger partial charge in [-0.15, -0.1) is 0 Å². The van der Waals surface area contributed by atoms with Crippen molar-refractivity contribution in [3.63, 3.8) is 0 Å². The molecule has 3 N–H and O–H groups in total. The van der Waals surface area contributed by atoms with Gasteiger partial charge in [0.05, 0.1) is 0 Å². The van der Waals surface area contributed by atoms with Gasteiger partial charge in [0.2, 0.25) is 0 Å². The van der Waals surface area contributed by atoms with E-state index in [0.717, 1.165) is 0 Å². The largest absolute Gasteiger partial charge is 0.447 e. The third-order valence-corrected chi connectivity index (χ3v) is 1.90. The maximum atomic E-state index is 11.2. The Kier molecular flexibility index (Phi) is 5.60. The molecule has 0 aliphatic heterocycles. The molecule has 0 rings (SSSR count). The monoisotopic (exact) mass is 218 g/mol. The lowest BCUT2D eigenvalue weighted by Crippen LogP contribution is -2.39. The highest BCUT2D eigenvalue weighted by Crippen LogP contribution is 2.21. The molecule has 0 saturated heterocycles. The van der Waals surface area contributed by atoms with Crippen molar-refractivity contribution in [1.82, 2.24) is 5.32 Å². The molecule has 0 aromatic heterocycles. The summed E-state index contributed by atoms with van der Waals surface area (Å²) in [5.41, 5.74) is -0.160. The summed E-state index contributed by atoms with van der Waals surface area (Å²) in [6, 6.07) is 0.0596. The van der Waals surface area contributed by atoms with Gasteiger partial charge in [0.1, 0.15) is 12.7 Å². The van der Waals surface area contributed by atoms with Crippen LogP contribution in [0.1, 0.15) is 34.6 Å². The zero-order valence-electron chi connectivity index (χ0n) is 10.2. The molecule has 15 heavy (non-hydrogen) atoms. The second kappa shape index (κ2) is 5.92. The summed E-state index contributed by atoms with van der Waals surface area (Å²) >= 11 is 0. The first-order valence-electron chi connectivity index (χ1n) is 5.06. The van der Waals surface area contributed by atoms with Gasteiger partial charge in [0.25, 0.3) is 0 Å². The lowest BCUT2D eigenvalue weighted by molar-refractivity contribution is -0.0546.